The number of hydrogen-bond donors (Lipinski definition) is 1. The van der Waals surface area contributed by atoms with E-state index in [4.69, 9.17) is 5.39 Å². The van der Waals surface area contributed by atoms with Gasteiger partial charge in [0.05, 0.1) is 15.7 Å². The number of aromatic hydroxyl groups is 1. The van der Waals surface area contributed by atoms with Crippen LogP contribution in [0.25, 0.3) is 37.3 Å². The molecule has 8 heteroatoms. The van der Waals surface area contributed by atoms with Crippen LogP contribution >= 0.6 is 0 Å². The van der Waals surface area contributed by atoms with Crippen molar-refractivity contribution in [2.24, 2.45) is 16.2 Å². The predicted octanol–water partition coefficient (Wildman–Crippen LogP) is 9.99. The molecule has 0 fully saturated rings. The molecule has 0 saturated heterocycles. The molecule has 6 aromatic carbocycles. The molecule has 0 saturated carbocycles. The first kappa shape index (κ1) is 42.8. The molecule has 0 amide bonds. The summed E-state index contributed by atoms with van der Waals surface area (Å²) in [4.78, 5) is 14.2. The van der Waals surface area contributed by atoms with E-state index in [2.05, 4.69) is 89.0 Å². The van der Waals surface area contributed by atoms with E-state index >= 15 is 0 Å². The van der Waals surface area contributed by atoms with E-state index in [1.807, 2.05) is 30.3 Å². The summed E-state index contributed by atoms with van der Waals surface area (Å²) in [6.45, 7) is 13.9. The quantitative estimate of drug-likeness (QED) is 0.0775. The molecule has 0 radical (unpaired) electrons. The number of aryl methyl sites for hydroxylation is 3. The van der Waals surface area contributed by atoms with E-state index in [1.165, 1.54) is 51.6 Å². The second-order valence-electron chi connectivity index (χ2n) is 18.2. The largest absolute Gasteiger partial charge is 1.00 e. The number of non-ortho nitro benzene ring substituents is 1. The van der Waals surface area contributed by atoms with Gasteiger partial charge in [-0.1, -0.05) is 96.1 Å². The fraction of sp³-hybridized carbons (Fsp3) is 0.375. The van der Waals surface area contributed by atoms with Crippen LogP contribution in [-0.2, 0) is 38.5 Å². The molecular weight excluding hydrogens is 706 g/mol. The van der Waals surface area contributed by atoms with Gasteiger partial charge in [0.1, 0.15) is 5.75 Å². The van der Waals surface area contributed by atoms with Crippen molar-refractivity contribution in [3.8, 4) is 5.75 Å². The van der Waals surface area contributed by atoms with Gasteiger partial charge >= 0.3 is 35.2 Å². The summed E-state index contributed by atoms with van der Waals surface area (Å²) in [5, 5.41) is 36.1. The zero-order valence-electron chi connectivity index (χ0n) is 34.1. The number of nitro benzene ring substituents is 1. The Morgan fingerprint density at radius 2 is 0.982 bits per heavy atom. The van der Waals surface area contributed by atoms with E-state index in [0.29, 0.717) is 27.7 Å². The Morgan fingerprint density at radius 1 is 0.589 bits per heavy atom. The van der Waals surface area contributed by atoms with Gasteiger partial charge in [-0.25, -0.2) is 0 Å². The fourth-order valence-electron chi connectivity index (χ4n) is 8.87. The van der Waals surface area contributed by atoms with Crippen LogP contribution in [-0.4, -0.2) is 15.5 Å². The summed E-state index contributed by atoms with van der Waals surface area (Å²) >= 11 is 0. The number of nitrogens with zero attached hydrogens (tertiary/aromatic N) is 3. The molecule has 2 N–H and O–H groups in total. The standard InChI is InChI=1S/C16H17N2.C16H17NO2.C16H18O.Na.H2O/c1-16(2)7-6-11-9-14-12(8-13(11)10-16)4-3-5-15(14)18-17;1-16(2)7-6-11-9-14-12(8-13(11)10-16)4-3-5-15(14)17(18)19;1-16(2)7-6-11-9-14-12(8-13(11)10-16)4-3-5-15(14)17;;/h3-5,8-9H,6-7,10H2,1-2H3;3-5,8-9H,6-7,10H2,1-2H3;3-5,8-9,17H,6-7,10H2,1-2H3;;1H2/q+1;;;+1;/p-1. The monoisotopic (exact) mass is 758 g/mol. The van der Waals surface area contributed by atoms with Crippen molar-refractivity contribution in [3.63, 3.8) is 0 Å². The molecule has 0 aromatic heterocycles. The number of rotatable bonds is 1. The minimum Gasteiger partial charge on any atom is -0.870 e. The molecule has 0 heterocycles. The number of phenols is 1. The Kier molecular flexibility index (Phi) is 12.7. The van der Waals surface area contributed by atoms with Gasteiger partial charge in [-0.05, 0) is 148 Å². The fourth-order valence-corrected chi connectivity index (χ4v) is 8.87. The second-order valence-corrected chi connectivity index (χ2v) is 18.2. The Morgan fingerprint density at radius 3 is 1.45 bits per heavy atom. The molecule has 56 heavy (non-hydrogen) atoms. The van der Waals surface area contributed by atoms with Gasteiger partial charge in [-0.2, -0.15) is 0 Å². The molecule has 7 nitrogen and oxygen atoms in total. The second kappa shape index (κ2) is 16.6. The van der Waals surface area contributed by atoms with Crippen molar-refractivity contribution >= 4 is 43.7 Å². The first-order valence-electron chi connectivity index (χ1n) is 19.4. The minimum atomic E-state index is -0.290. The first-order chi connectivity index (χ1) is 25.6. The maximum absolute atomic E-state index is 11.1. The molecule has 0 unspecified atom stereocenters. The van der Waals surface area contributed by atoms with E-state index < -0.39 is 0 Å². The van der Waals surface area contributed by atoms with Crippen molar-refractivity contribution in [2.45, 2.75) is 99.3 Å². The van der Waals surface area contributed by atoms with Crippen LogP contribution < -0.4 is 29.6 Å². The third-order valence-corrected chi connectivity index (χ3v) is 12.1. The van der Waals surface area contributed by atoms with Gasteiger partial charge in [0.15, 0.2) is 4.98 Å². The van der Waals surface area contributed by atoms with Gasteiger partial charge in [0, 0.05) is 17.5 Å². The third-order valence-electron chi connectivity index (χ3n) is 12.1. The van der Waals surface area contributed by atoms with E-state index in [9.17, 15) is 15.2 Å². The summed E-state index contributed by atoms with van der Waals surface area (Å²) in [5.41, 5.74) is 10.4. The maximum atomic E-state index is 11.1. The van der Waals surface area contributed by atoms with Crippen molar-refractivity contribution in [1.82, 2.24) is 0 Å². The number of hydrogen-bond acceptors (Lipinski definition) is 5. The number of nitro groups is 1. The van der Waals surface area contributed by atoms with Crippen LogP contribution in [0.2, 0.25) is 0 Å². The molecule has 6 aromatic rings. The normalized spacial score (nSPS) is 16.8. The molecule has 0 atom stereocenters. The van der Waals surface area contributed by atoms with Gasteiger partial charge < -0.3 is 10.6 Å². The smallest absolute Gasteiger partial charge is 0.870 e. The molecule has 0 spiro atoms. The molecule has 3 aliphatic carbocycles. The average Bonchev–Trinajstić information content (AvgIpc) is 3.11. The first-order valence-corrected chi connectivity index (χ1v) is 19.4. The SMILES string of the molecule is CC1(C)CCc2cc3c(O)cccc3cc2C1.CC1(C)CCc2cc3c([N+]#N)cccc3cc2C1.CC1(C)CCc2cc3c([N+](=O)[O-])cccc3cc2C1.[Na+].[OH-]. The Hall–Kier alpha value is -4.32. The molecular formula is C48H53N3NaO4+. The number of fused-ring (bicyclic) bond motifs is 6. The van der Waals surface area contributed by atoms with Crippen LogP contribution in [0.5, 0.6) is 5.75 Å². The van der Waals surface area contributed by atoms with Crippen molar-refractivity contribution in [2.75, 3.05) is 0 Å². The summed E-state index contributed by atoms with van der Waals surface area (Å²) in [6, 6.07) is 30.0. The predicted molar refractivity (Wildman–Crippen MR) is 224 cm³/mol. The molecule has 0 aliphatic heterocycles. The van der Waals surface area contributed by atoms with E-state index in [0.717, 1.165) is 71.9 Å². The van der Waals surface area contributed by atoms with Crippen LogP contribution in [0.4, 0.5) is 11.4 Å². The van der Waals surface area contributed by atoms with E-state index in [-0.39, 0.29) is 45.6 Å². The van der Waals surface area contributed by atoms with Gasteiger partial charge in [-0.15, -0.1) is 0 Å². The molecule has 284 valence electrons. The van der Waals surface area contributed by atoms with Gasteiger partial charge in [-0.3, -0.25) is 10.1 Å². The van der Waals surface area contributed by atoms with Gasteiger partial charge in [0.25, 0.3) is 5.69 Å². The summed E-state index contributed by atoms with van der Waals surface area (Å²) in [7, 11) is 0. The van der Waals surface area contributed by atoms with Crippen molar-refractivity contribution in [3.05, 3.63) is 139 Å². The Balaban J connectivity index is 0.000000158. The average molecular weight is 759 g/mol. The summed E-state index contributed by atoms with van der Waals surface area (Å²) < 4.78 is 0. The van der Waals surface area contributed by atoms with Crippen LogP contribution in [0.15, 0.2) is 91.0 Å². The maximum Gasteiger partial charge on any atom is 1.00 e. The number of benzene rings is 6. The molecule has 3 aliphatic rings. The number of phenolic OH excluding ortho intramolecular Hbond substituents is 1. The molecule has 0 bridgehead atoms. The Labute approximate surface area is 352 Å². The minimum absolute atomic E-state index is 0. The zero-order valence-corrected chi connectivity index (χ0v) is 36.1. The van der Waals surface area contributed by atoms with Crippen LogP contribution in [0.3, 0.4) is 0 Å². The number of diazo groups is 1. The van der Waals surface area contributed by atoms with Crippen LogP contribution in [0.1, 0.15) is 94.2 Å². The summed E-state index contributed by atoms with van der Waals surface area (Å²) in [6.07, 6.45) is 10.2. The summed E-state index contributed by atoms with van der Waals surface area (Å²) in [5.74, 6) is 0.398. The van der Waals surface area contributed by atoms with Gasteiger partial charge in [0.2, 0.25) is 5.39 Å². The van der Waals surface area contributed by atoms with Crippen molar-refractivity contribution in [1.29, 1.82) is 5.39 Å². The van der Waals surface area contributed by atoms with Crippen LogP contribution in [0, 0.1) is 31.8 Å². The van der Waals surface area contributed by atoms with E-state index in [1.54, 1.807) is 18.2 Å². The Bertz CT molecular complexity index is 2480. The zero-order chi connectivity index (χ0) is 38.4. The third kappa shape index (κ3) is 9.27. The molecule has 9 rings (SSSR count). The van der Waals surface area contributed by atoms with Crippen molar-refractivity contribution < 1.29 is 45.1 Å². The topological polar surface area (TPSA) is 122 Å².